The van der Waals surface area contributed by atoms with Crippen LogP contribution in [0.5, 0.6) is 0 Å². The molecule has 6 nitrogen and oxygen atoms in total. The summed E-state index contributed by atoms with van der Waals surface area (Å²) in [6.45, 7) is 14.1. The summed E-state index contributed by atoms with van der Waals surface area (Å²) in [7, 11) is 0. The molecule has 2 aliphatic heterocycles. The molecule has 0 aromatic rings. The Morgan fingerprint density at radius 1 is 0.619 bits per heavy atom. The molecule has 2 fully saturated rings. The zero-order chi connectivity index (χ0) is 14.6. The first-order valence-electron chi connectivity index (χ1n) is 8.77. The molecule has 4 N–H and O–H groups in total. The molecule has 2 rings (SSSR count). The SMILES string of the molecule is C(CCN1CCNCC1)CNNCCCN1CCNCC1. The minimum atomic E-state index is 1.07. The van der Waals surface area contributed by atoms with Crippen LogP contribution in [0.1, 0.15) is 19.3 Å². The van der Waals surface area contributed by atoms with Crippen molar-refractivity contribution in [3.05, 3.63) is 0 Å². The second kappa shape index (κ2) is 11.3. The van der Waals surface area contributed by atoms with Gasteiger partial charge in [0.15, 0.2) is 0 Å². The molecule has 0 aliphatic carbocycles. The Morgan fingerprint density at radius 3 is 1.67 bits per heavy atom. The largest absolute Gasteiger partial charge is 0.314 e. The van der Waals surface area contributed by atoms with Crippen LogP contribution >= 0.6 is 0 Å². The van der Waals surface area contributed by atoms with Crippen molar-refractivity contribution in [3.63, 3.8) is 0 Å². The Bertz CT molecular complexity index is 214. The molecule has 0 unspecified atom stereocenters. The van der Waals surface area contributed by atoms with Gasteiger partial charge in [-0.25, -0.2) is 0 Å². The Morgan fingerprint density at radius 2 is 1.10 bits per heavy atom. The van der Waals surface area contributed by atoms with E-state index in [4.69, 9.17) is 0 Å². The third-order valence-electron chi connectivity index (χ3n) is 4.35. The highest BCUT2D eigenvalue weighted by Crippen LogP contribution is 1.96. The van der Waals surface area contributed by atoms with Crippen LogP contribution in [0.2, 0.25) is 0 Å². The van der Waals surface area contributed by atoms with Crippen molar-refractivity contribution < 1.29 is 0 Å². The third kappa shape index (κ3) is 8.09. The summed E-state index contributed by atoms with van der Waals surface area (Å²) in [6, 6.07) is 0. The first-order chi connectivity index (χ1) is 10.4. The second-order valence-corrected chi connectivity index (χ2v) is 6.10. The van der Waals surface area contributed by atoms with Gasteiger partial charge in [0, 0.05) is 65.4 Å². The number of hydrogen-bond donors (Lipinski definition) is 4. The molecule has 0 radical (unpaired) electrons. The highest BCUT2D eigenvalue weighted by atomic mass is 15.3. The first-order valence-corrected chi connectivity index (χ1v) is 8.77. The van der Waals surface area contributed by atoms with E-state index in [-0.39, 0.29) is 0 Å². The minimum Gasteiger partial charge on any atom is -0.314 e. The van der Waals surface area contributed by atoms with E-state index in [1.807, 2.05) is 0 Å². The van der Waals surface area contributed by atoms with E-state index >= 15 is 0 Å². The van der Waals surface area contributed by atoms with Crippen LogP contribution < -0.4 is 21.5 Å². The monoisotopic (exact) mass is 298 g/mol. The lowest BCUT2D eigenvalue weighted by molar-refractivity contribution is 0.233. The van der Waals surface area contributed by atoms with E-state index in [0.29, 0.717) is 0 Å². The Labute approximate surface area is 130 Å². The Kier molecular flexibility index (Phi) is 9.25. The lowest BCUT2D eigenvalue weighted by Gasteiger charge is -2.27. The molecule has 0 atom stereocenters. The van der Waals surface area contributed by atoms with Gasteiger partial charge in [-0.15, -0.1) is 0 Å². The molecule has 0 spiro atoms. The van der Waals surface area contributed by atoms with Crippen molar-refractivity contribution >= 4 is 0 Å². The predicted molar refractivity (Wildman–Crippen MR) is 88.5 cm³/mol. The first kappa shape index (κ1) is 17.1. The van der Waals surface area contributed by atoms with Gasteiger partial charge in [0.05, 0.1) is 0 Å². The van der Waals surface area contributed by atoms with Crippen LogP contribution in [-0.4, -0.2) is 88.3 Å². The highest BCUT2D eigenvalue weighted by molar-refractivity contribution is 4.68. The van der Waals surface area contributed by atoms with Crippen LogP contribution in [0.15, 0.2) is 0 Å². The maximum atomic E-state index is 3.40. The molecule has 0 aromatic carbocycles. The number of hydrogen-bond acceptors (Lipinski definition) is 6. The summed E-state index contributed by atoms with van der Waals surface area (Å²) >= 11 is 0. The molecule has 0 aromatic heterocycles. The van der Waals surface area contributed by atoms with E-state index in [9.17, 15) is 0 Å². The lowest BCUT2D eigenvalue weighted by atomic mass is 10.2. The lowest BCUT2D eigenvalue weighted by Crippen LogP contribution is -2.44. The number of unbranched alkanes of at least 4 members (excludes halogenated alkanes) is 1. The maximum Gasteiger partial charge on any atom is 0.0112 e. The van der Waals surface area contributed by atoms with Gasteiger partial charge in [0.2, 0.25) is 0 Å². The van der Waals surface area contributed by atoms with Crippen LogP contribution in [0.4, 0.5) is 0 Å². The summed E-state index contributed by atoms with van der Waals surface area (Å²) in [5.41, 5.74) is 6.70. The minimum absolute atomic E-state index is 1.07. The van der Waals surface area contributed by atoms with Crippen molar-refractivity contribution in [2.24, 2.45) is 0 Å². The highest BCUT2D eigenvalue weighted by Gasteiger charge is 2.08. The van der Waals surface area contributed by atoms with Crippen LogP contribution in [-0.2, 0) is 0 Å². The molecule has 0 bridgehead atoms. The van der Waals surface area contributed by atoms with Gasteiger partial charge in [0.1, 0.15) is 0 Å². The normalized spacial score (nSPS) is 21.7. The standard InChI is InChI=1S/C15H34N6/c1(2-10-20-12-6-16-7-13-20)4-18-19-5-3-11-21-14-8-17-9-15-21/h16-19H,1-15H2. The second-order valence-electron chi connectivity index (χ2n) is 6.10. The maximum absolute atomic E-state index is 3.40. The van der Waals surface area contributed by atoms with Gasteiger partial charge in [0.25, 0.3) is 0 Å². The van der Waals surface area contributed by atoms with E-state index < -0.39 is 0 Å². The quantitative estimate of drug-likeness (QED) is 0.309. The average molecular weight is 298 g/mol. The fraction of sp³-hybridized carbons (Fsp3) is 1.00. The average Bonchev–Trinajstić information content (AvgIpc) is 2.55. The van der Waals surface area contributed by atoms with Gasteiger partial charge < -0.3 is 20.4 Å². The van der Waals surface area contributed by atoms with Crippen molar-refractivity contribution in [1.82, 2.24) is 31.3 Å². The smallest absolute Gasteiger partial charge is 0.0112 e. The molecule has 21 heavy (non-hydrogen) atoms. The van der Waals surface area contributed by atoms with Crippen molar-refractivity contribution in [2.75, 3.05) is 78.5 Å². The number of hydrazine groups is 1. The summed E-state index contributed by atoms with van der Waals surface area (Å²) in [5, 5.41) is 6.79. The zero-order valence-corrected chi connectivity index (χ0v) is 13.5. The summed E-state index contributed by atoms with van der Waals surface area (Å²) in [5.74, 6) is 0. The predicted octanol–water partition coefficient (Wildman–Crippen LogP) is -0.939. The summed E-state index contributed by atoms with van der Waals surface area (Å²) in [4.78, 5) is 5.11. The molecule has 124 valence electrons. The zero-order valence-electron chi connectivity index (χ0n) is 13.5. The molecule has 2 saturated heterocycles. The van der Waals surface area contributed by atoms with E-state index in [1.54, 1.807) is 0 Å². The molecule has 2 aliphatic rings. The number of nitrogens with zero attached hydrogens (tertiary/aromatic N) is 2. The summed E-state index contributed by atoms with van der Waals surface area (Å²) < 4.78 is 0. The molecule has 0 saturated carbocycles. The van der Waals surface area contributed by atoms with Crippen LogP contribution in [0, 0.1) is 0 Å². The third-order valence-corrected chi connectivity index (χ3v) is 4.35. The van der Waals surface area contributed by atoms with Crippen LogP contribution in [0.25, 0.3) is 0 Å². The summed E-state index contributed by atoms with van der Waals surface area (Å²) in [6.07, 6.45) is 3.79. The number of piperazine rings is 2. The number of rotatable bonds is 10. The topological polar surface area (TPSA) is 54.6 Å². The van der Waals surface area contributed by atoms with Crippen molar-refractivity contribution in [2.45, 2.75) is 19.3 Å². The molecular formula is C15H34N6. The van der Waals surface area contributed by atoms with Crippen molar-refractivity contribution in [1.29, 1.82) is 0 Å². The van der Waals surface area contributed by atoms with Gasteiger partial charge in [-0.2, -0.15) is 0 Å². The van der Waals surface area contributed by atoms with Gasteiger partial charge in [-0.3, -0.25) is 10.9 Å². The molecule has 2 heterocycles. The van der Waals surface area contributed by atoms with E-state index in [0.717, 1.165) is 39.3 Å². The van der Waals surface area contributed by atoms with Crippen LogP contribution in [0.3, 0.4) is 0 Å². The van der Waals surface area contributed by atoms with Crippen molar-refractivity contribution in [3.8, 4) is 0 Å². The Balaban J connectivity index is 1.30. The molecule has 0 amide bonds. The fourth-order valence-corrected chi connectivity index (χ4v) is 2.99. The molecule has 6 heteroatoms. The van der Waals surface area contributed by atoms with E-state index in [2.05, 4.69) is 31.3 Å². The van der Waals surface area contributed by atoms with Gasteiger partial charge >= 0.3 is 0 Å². The fourth-order valence-electron chi connectivity index (χ4n) is 2.99. The number of nitrogens with one attached hydrogen (secondary N) is 4. The van der Waals surface area contributed by atoms with Gasteiger partial charge in [-0.1, -0.05) is 0 Å². The van der Waals surface area contributed by atoms with E-state index in [1.165, 1.54) is 58.5 Å². The molecular weight excluding hydrogens is 264 g/mol. The Hall–Kier alpha value is -0.240. The van der Waals surface area contributed by atoms with Gasteiger partial charge in [-0.05, 0) is 32.4 Å².